The first-order valence-corrected chi connectivity index (χ1v) is 5.88. The Hall–Kier alpha value is -2.63. The zero-order chi connectivity index (χ0) is 13.1. The molecular weight excluding hydrogens is 244 g/mol. The Bertz CT molecular complexity index is 681. The molecule has 2 aromatic heterocycles. The predicted octanol–water partition coefficient (Wildman–Crippen LogP) is 1.82. The summed E-state index contributed by atoms with van der Waals surface area (Å²) in [5.41, 5.74) is 8.33. The molecule has 19 heavy (non-hydrogen) atoms. The normalized spacial score (nSPS) is 10.7. The number of hydrogen-bond acceptors (Lipinski definition) is 6. The van der Waals surface area contributed by atoms with E-state index in [2.05, 4.69) is 19.9 Å². The molecule has 0 unspecified atom stereocenters. The minimum atomic E-state index is 0.503. The fourth-order valence-electron chi connectivity index (χ4n) is 1.79. The summed E-state index contributed by atoms with van der Waals surface area (Å²) in [4.78, 5) is 4.23. The fourth-order valence-corrected chi connectivity index (χ4v) is 1.79. The van der Waals surface area contributed by atoms with Gasteiger partial charge in [-0.3, -0.25) is 4.98 Å². The van der Waals surface area contributed by atoms with Gasteiger partial charge >= 0.3 is 0 Å². The van der Waals surface area contributed by atoms with Crippen LogP contribution >= 0.6 is 0 Å². The van der Waals surface area contributed by atoms with Gasteiger partial charge in [-0.2, -0.15) is 0 Å². The van der Waals surface area contributed by atoms with Gasteiger partial charge in [0.1, 0.15) is 0 Å². The number of nitrogens with two attached hydrogens (primary N) is 1. The molecule has 0 fully saturated rings. The van der Waals surface area contributed by atoms with Gasteiger partial charge in [-0.05, 0) is 34.6 Å². The molecule has 0 radical (unpaired) electrons. The summed E-state index contributed by atoms with van der Waals surface area (Å²) < 4.78 is 10.4. The largest absolute Gasteiger partial charge is 0.491 e. The number of pyridine rings is 1. The third-order valence-electron chi connectivity index (χ3n) is 2.75. The molecule has 6 heteroatoms. The second kappa shape index (κ2) is 4.93. The first kappa shape index (κ1) is 11.5. The van der Waals surface area contributed by atoms with Crippen LogP contribution in [0.4, 0.5) is 5.69 Å². The molecule has 6 nitrogen and oxygen atoms in total. The van der Waals surface area contributed by atoms with Crippen molar-refractivity contribution in [3.8, 4) is 5.75 Å². The molecule has 0 atom stereocenters. The zero-order valence-corrected chi connectivity index (χ0v) is 10.1. The van der Waals surface area contributed by atoms with Crippen LogP contribution in [0.15, 0.2) is 41.2 Å². The van der Waals surface area contributed by atoms with E-state index in [0.29, 0.717) is 29.1 Å². The van der Waals surface area contributed by atoms with Gasteiger partial charge in [0, 0.05) is 18.3 Å². The van der Waals surface area contributed by atoms with Crippen LogP contribution in [0.3, 0.4) is 0 Å². The average Bonchev–Trinajstić information content (AvgIpc) is 2.93. The topological polar surface area (TPSA) is 87.1 Å². The van der Waals surface area contributed by atoms with Gasteiger partial charge in [-0.15, -0.1) is 0 Å². The second-order valence-electron chi connectivity index (χ2n) is 4.03. The van der Waals surface area contributed by atoms with Crippen molar-refractivity contribution in [2.75, 3.05) is 12.3 Å². The molecule has 0 aliphatic rings. The van der Waals surface area contributed by atoms with E-state index in [1.165, 1.54) is 0 Å². The Morgan fingerprint density at radius 1 is 1.11 bits per heavy atom. The molecule has 0 aliphatic carbocycles. The highest BCUT2D eigenvalue weighted by atomic mass is 16.6. The van der Waals surface area contributed by atoms with E-state index >= 15 is 0 Å². The molecule has 3 rings (SSSR count). The second-order valence-corrected chi connectivity index (χ2v) is 4.03. The minimum absolute atomic E-state index is 0.503. The van der Waals surface area contributed by atoms with Crippen LogP contribution in [0, 0.1) is 0 Å². The summed E-state index contributed by atoms with van der Waals surface area (Å²) in [5, 5.41) is 7.54. The average molecular weight is 256 g/mol. The van der Waals surface area contributed by atoms with E-state index in [1.54, 1.807) is 18.3 Å². The molecule has 0 saturated carbocycles. The van der Waals surface area contributed by atoms with E-state index < -0.39 is 0 Å². The molecule has 96 valence electrons. The van der Waals surface area contributed by atoms with E-state index in [-0.39, 0.29) is 0 Å². The first-order valence-electron chi connectivity index (χ1n) is 5.88. The van der Waals surface area contributed by atoms with Gasteiger partial charge in [0.2, 0.25) is 0 Å². The summed E-state index contributed by atoms with van der Waals surface area (Å²) in [6, 6.07) is 9.28. The number of aromatic nitrogens is 3. The van der Waals surface area contributed by atoms with Crippen molar-refractivity contribution in [2.24, 2.45) is 0 Å². The van der Waals surface area contributed by atoms with E-state index in [9.17, 15) is 0 Å². The summed E-state index contributed by atoms with van der Waals surface area (Å²) in [6.07, 6.45) is 2.48. The van der Waals surface area contributed by atoms with Crippen molar-refractivity contribution in [1.82, 2.24) is 15.3 Å². The number of rotatable bonds is 4. The molecular formula is C13H12N4O2. The van der Waals surface area contributed by atoms with Crippen LogP contribution < -0.4 is 10.5 Å². The number of hydrogen-bond donors (Lipinski definition) is 1. The first-order chi connectivity index (χ1) is 9.34. The molecule has 0 bridgehead atoms. The van der Waals surface area contributed by atoms with Crippen LogP contribution in [0.5, 0.6) is 5.75 Å². The number of anilines is 1. The fraction of sp³-hybridized carbons (Fsp3) is 0.154. The van der Waals surface area contributed by atoms with Crippen LogP contribution in [0.25, 0.3) is 11.0 Å². The van der Waals surface area contributed by atoms with Crippen molar-refractivity contribution >= 4 is 16.7 Å². The van der Waals surface area contributed by atoms with Gasteiger partial charge < -0.3 is 10.5 Å². The summed E-state index contributed by atoms with van der Waals surface area (Å²) >= 11 is 0. The van der Waals surface area contributed by atoms with Gasteiger partial charge in [-0.1, -0.05) is 6.07 Å². The minimum Gasteiger partial charge on any atom is -0.491 e. The summed E-state index contributed by atoms with van der Waals surface area (Å²) in [6.45, 7) is 0.503. The van der Waals surface area contributed by atoms with Crippen molar-refractivity contribution in [2.45, 2.75) is 6.42 Å². The molecule has 2 heterocycles. The smallest absolute Gasteiger partial charge is 0.179 e. The number of ether oxygens (including phenoxy) is 1. The monoisotopic (exact) mass is 256 g/mol. The standard InChI is InChI=1S/C13H12N4O2/c14-10-4-5-11(13-12(10)16-19-17-13)18-8-6-9-3-1-2-7-15-9/h1-5,7H,6,8,14H2. The summed E-state index contributed by atoms with van der Waals surface area (Å²) in [7, 11) is 0. The maximum atomic E-state index is 5.76. The number of fused-ring (bicyclic) bond motifs is 1. The van der Waals surface area contributed by atoms with Crippen LogP contribution in [0.1, 0.15) is 5.69 Å². The highest BCUT2D eigenvalue weighted by Gasteiger charge is 2.10. The van der Waals surface area contributed by atoms with E-state index in [1.807, 2.05) is 18.2 Å². The quantitative estimate of drug-likeness (QED) is 0.716. The van der Waals surface area contributed by atoms with Crippen molar-refractivity contribution in [3.63, 3.8) is 0 Å². The Labute approximate surface area is 109 Å². The lowest BCUT2D eigenvalue weighted by Crippen LogP contribution is -2.03. The van der Waals surface area contributed by atoms with Crippen LogP contribution in [-0.4, -0.2) is 21.9 Å². The Kier molecular flexibility index (Phi) is 2.97. The Balaban J connectivity index is 1.72. The van der Waals surface area contributed by atoms with Crippen molar-refractivity contribution in [3.05, 3.63) is 42.2 Å². The molecule has 0 amide bonds. The number of nitrogens with zero attached hydrogens (tertiary/aromatic N) is 3. The van der Waals surface area contributed by atoms with Crippen molar-refractivity contribution < 1.29 is 9.37 Å². The van der Waals surface area contributed by atoms with E-state index in [4.69, 9.17) is 10.5 Å². The lowest BCUT2D eigenvalue weighted by Gasteiger charge is -2.06. The molecule has 0 spiro atoms. The number of nitrogen functional groups attached to an aromatic ring is 1. The molecule has 3 aromatic rings. The maximum absolute atomic E-state index is 5.76. The molecule has 1 aromatic carbocycles. The molecule has 0 saturated heterocycles. The predicted molar refractivity (Wildman–Crippen MR) is 69.7 cm³/mol. The third-order valence-corrected chi connectivity index (χ3v) is 2.75. The SMILES string of the molecule is Nc1ccc(OCCc2ccccn2)c2nonc12. The molecule has 0 aliphatic heterocycles. The van der Waals surface area contributed by atoms with Crippen molar-refractivity contribution in [1.29, 1.82) is 0 Å². The van der Waals surface area contributed by atoms with Gasteiger partial charge in [0.15, 0.2) is 16.8 Å². The van der Waals surface area contributed by atoms with E-state index in [0.717, 1.165) is 12.1 Å². The lowest BCUT2D eigenvalue weighted by molar-refractivity contribution is 0.306. The van der Waals surface area contributed by atoms with Gasteiger partial charge in [0.25, 0.3) is 0 Å². The highest BCUT2D eigenvalue weighted by Crippen LogP contribution is 2.27. The van der Waals surface area contributed by atoms with Gasteiger partial charge in [-0.25, -0.2) is 4.63 Å². The lowest BCUT2D eigenvalue weighted by atomic mass is 10.2. The molecule has 2 N–H and O–H groups in total. The Morgan fingerprint density at radius 3 is 2.84 bits per heavy atom. The van der Waals surface area contributed by atoms with Crippen LogP contribution in [0.2, 0.25) is 0 Å². The van der Waals surface area contributed by atoms with Crippen LogP contribution in [-0.2, 0) is 6.42 Å². The highest BCUT2D eigenvalue weighted by molar-refractivity contribution is 5.90. The zero-order valence-electron chi connectivity index (χ0n) is 10.1. The maximum Gasteiger partial charge on any atom is 0.179 e. The summed E-state index contributed by atoms with van der Waals surface area (Å²) in [5.74, 6) is 0.612. The third kappa shape index (κ3) is 2.33. The number of benzene rings is 1. The Morgan fingerprint density at radius 2 is 2.00 bits per heavy atom. The van der Waals surface area contributed by atoms with Gasteiger partial charge in [0.05, 0.1) is 12.3 Å².